The van der Waals surface area contributed by atoms with E-state index >= 15 is 0 Å². The van der Waals surface area contributed by atoms with Gasteiger partial charge in [0.2, 0.25) is 0 Å². The van der Waals surface area contributed by atoms with Crippen LogP contribution in [0.2, 0.25) is 0 Å². The van der Waals surface area contributed by atoms with Crippen molar-refractivity contribution in [1.82, 2.24) is 0 Å². The van der Waals surface area contributed by atoms with E-state index in [0.717, 1.165) is 5.92 Å². The molecule has 1 atom stereocenters. The predicted octanol–water partition coefficient (Wildman–Crippen LogP) is 6.18. The van der Waals surface area contributed by atoms with Crippen LogP contribution in [0.4, 0.5) is 0 Å². The van der Waals surface area contributed by atoms with Crippen molar-refractivity contribution >= 4 is 0 Å². The van der Waals surface area contributed by atoms with Crippen LogP contribution in [0, 0.1) is 11.3 Å². The highest BCUT2D eigenvalue weighted by atomic mass is 14.4. The van der Waals surface area contributed by atoms with Crippen LogP contribution < -0.4 is 0 Å². The van der Waals surface area contributed by atoms with Crippen molar-refractivity contribution in [2.45, 2.75) is 71.6 Å². The Balaban J connectivity index is 2.17. The molecule has 0 nitrogen and oxygen atoms in total. The van der Waals surface area contributed by atoms with Gasteiger partial charge in [0.05, 0.1) is 0 Å². The SMILES string of the molecule is CCCCC1(C(C)c2ccccc2)CCC(C)CC1. The summed E-state index contributed by atoms with van der Waals surface area (Å²) in [5.41, 5.74) is 2.12. The summed E-state index contributed by atoms with van der Waals surface area (Å²) in [5, 5.41) is 0. The van der Waals surface area contributed by atoms with Gasteiger partial charge >= 0.3 is 0 Å². The van der Waals surface area contributed by atoms with Gasteiger partial charge in [-0.3, -0.25) is 0 Å². The number of unbranched alkanes of at least 4 members (excludes halogenated alkanes) is 1. The summed E-state index contributed by atoms with van der Waals surface area (Å²) in [5.74, 6) is 1.66. The fraction of sp³-hybridized carbons (Fsp3) is 0.684. The molecule has 0 spiro atoms. The van der Waals surface area contributed by atoms with Crippen LogP contribution in [0.25, 0.3) is 0 Å². The molecule has 0 amide bonds. The Hall–Kier alpha value is -0.780. The van der Waals surface area contributed by atoms with E-state index in [4.69, 9.17) is 0 Å². The molecule has 1 unspecified atom stereocenters. The molecule has 1 aliphatic carbocycles. The normalized spacial score (nSPS) is 29.1. The highest BCUT2D eigenvalue weighted by molar-refractivity contribution is 5.21. The molecule has 0 heterocycles. The molecule has 0 aromatic heterocycles. The summed E-state index contributed by atoms with van der Waals surface area (Å²) < 4.78 is 0. The zero-order valence-electron chi connectivity index (χ0n) is 13.0. The van der Waals surface area contributed by atoms with Crippen LogP contribution in [0.1, 0.15) is 77.2 Å². The zero-order valence-corrected chi connectivity index (χ0v) is 13.0. The number of rotatable bonds is 5. The third kappa shape index (κ3) is 3.41. The zero-order chi connectivity index (χ0) is 13.7. The molecule has 1 aliphatic rings. The van der Waals surface area contributed by atoms with Crippen molar-refractivity contribution in [3.8, 4) is 0 Å². The first kappa shape index (κ1) is 14.6. The highest BCUT2D eigenvalue weighted by Crippen LogP contribution is 2.51. The lowest BCUT2D eigenvalue weighted by molar-refractivity contribution is 0.108. The van der Waals surface area contributed by atoms with Crippen LogP contribution in [0.5, 0.6) is 0 Å². The Bertz CT molecular complexity index is 351. The van der Waals surface area contributed by atoms with Crippen LogP contribution in [-0.2, 0) is 0 Å². The first-order valence-electron chi connectivity index (χ1n) is 8.23. The van der Waals surface area contributed by atoms with Gasteiger partial charge in [-0.2, -0.15) is 0 Å². The summed E-state index contributed by atoms with van der Waals surface area (Å²) in [6.45, 7) is 7.23. The molecule has 0 radical (unpaired) electrons. The van der Waals surface area contributed by atoms with Gasteiger partial charge in [-0.05, 0) is 42.1 Å². The van der Waals surface area contributed by atoms with Gasteiger partial charge < -0.3 is 0 Å². The maximum Gasteiger partial charge on any atom is -0.0134 e. The summed E-state index contributed by atoms with van der Waals surface area (Å²) >= 11 is 0. The largest absolute Gasteiger partial charge is 0.0654 e. The van der Waals surface area contributed by atoms with Crippen LogP contribution >= 0.6 is 0 Å². The molecule has 1 aromatic rings. The van der Waals surface area contributed by atoms with Crippen LogP contribution in [-0.4, -0.2) is 0 Å². The number of hydrogen-bond acceptors (Lipinski definition) is 0. The monoisotopic (exact) mass is 258 g/mol. The summed E-state index contributed by atoms with van der Waals surface area (Å²) in [6.07, 6.45) is 9.88. The minimum atomic E-state index is 0.573. The van der Waals surface area contributed by atoms with Crippen molar-refractivity contribution < 1.29 is 0 Å². The fourth-order valence-corrected chi connectivity index (χ4v) is 3.86. The topological polar surface area (TPSA) is 0 Å². The lowest BCUT2D eigenvalue weighted by Gasteiger charge is -2.44. The molecule has 0 heteroatoms. The standard InChI is InChI=1S/C19H30/c1-4-5-13-19(14-11-16(2)12-15-19)17(3)18-9-7-6-8-10-18/h6-10,16-17H,4-5,11-15H2,1-3H3. The maximum absolute atomic E-state index is 2.47. The second-order valence-corrected chi connectivity index (χ2v) is 6.78. The molecule has 1 aromatic carbocycles. The summed E-state index contributed by atoms with van der Waals surface area (Å²) in [6, 6.07) is 11.2. The minimum Gasteiger partial charge on any atom is -0.0654 e. The van der Waals surface area contributed by atoms with E-state index in [1.807, 2.05) is 0 Å². The molecular formula is C19H30. The van der Waals surface area contributed by atoms with Gasteiger partial charge in [-0.25, -0.2) is 0 Å². The molecule has 0 saturated heterocycles. The molecule has 106 valence electrons. The molecule has 0 N–H and O–H groups in total. The third-order valence-corrected chi connectivity index (χ3v) is 5.52. The summed E-state index contributed by atoms with van der Waals surface area (Å²) in [4.78, 5) is 0. The minimum absolute atomic E-state index is 0.573. The third-order valence-electron chi connectivity index (χ3n) is 5.52. The second-order valence-electron chi connectivity index (χ2n) is 6.78. The van der Waals surface area contributed by atoms with Gasteiger partial charge in [-0.15, -0.1) is 0 Å². The van der Waals surface area contributed by atoms with Gasteiger partial charge in [0.15, 0.2) is 0 Å². The molecule has 0 bridgehead atoms. The van der Waals surface area contributed by atoms with E-state index in [1.165, 1.54) is 44.9 Å². The quantitative estimate of drug-likeness (QED) is 0.592. The van der Waals surface area contributed by atoms with Crippen molar-refractivity contribution in [3.63, 3.8) is 0 Å². The number of hydrogen-bond donors (Lipinski definition) is 0. The van der Waals surface area contributed by atoms with Gasteiger partial charge in [0, 0.05) is 0 Å². The Morgan fingerprint density at radius 3 is 2.37 bits per heavy atom. The molecule has 19 heavy (non-hydrogen) atoms. The molecule has 1 saturated carbocycles. The first-order valence-corrected chi connectivity index (χ1v) is 8.23. The van der Waals surface area contributed by atoms with E-state index in [1.54, 1.807) is 5.56 Å². The Kier molecular flexibility index (Phi) is 5.07. The predicted molar refractivity (Wildman–Crippen MR) is 84.4 cm³/mol. The molecule has 0 aliphatic heterocycles. The van der Waals surface area contributed by atoms with Gasteiger partial charge in [-0.1, -0.05) is 76.8 Å². The van der Waals surface area contributed by atoms with Crippen molar-refractivity contribution in [2.75, 3.05) is 0 Å². The Morgan fingerprint density at radius 1 is 1.16 bits per heavy atom. The lowest BCUT2D eigenvalue weighted by Crippen LogP contribution is -2.32. The second kappa shape index (κ2) is 6.59. The van der Waals surface area contributed by atoms with E-state index in [9.17, 15) is 0 Å². The first-order chi connectivity index (χ1) is 9.18. The van der Waals surface area contributed by atoms with Crippen molar-refractivity contribution in [3.05, 3.63) is 35.9 Å². The lowest BCUT2D eigenvalue weighted by atomic mass is 9.60. The van der Waals surface area contributed by atoms with Crippen molar-refractivity contribution in [2.24, 2.45) is 11.3 Å². The van der Waals surface area contributed by atoms with Crippen LogP contribution in [0.3, 0.4) is 0 Å². The highest BCUT2D eigenvalue weighted by Gasteiger charge is 2.38. The molecule has 2 rings (SSSR count). The fourth-order valence-electron chi connectivity index (χ4n) is 3.86. The molecular weight excluding hydrogens is 228 g/mol. The Labute approximate surface area is 119 Å². The van der Waals surface area contributed by atoms with Gasteiger partial charge in [0.1, 0.15) is 0 Å². The van der Waals surface area contributed by atoms with E-state index in [0.29, 0.717) is 11.3 Å². The van der Waals surface area contributed by atoms with E-state index in [2.05, 4.69) is 51.1 Å². The smallest absolute Gasteiger partial charge is 0.0134 e. The Morgan fingerprint density at radius 2 is 1.79 bits per heavy atom. The molecule has 1 fully saturated rings. The average Bonchev–Trinajstić information content (AvgIpc) is 2.47. The van der Waals surface area contributed by atoms with Gasteiger partial charge in [0.25, 0.3) is 0 Å². The van der Waals surface area contributed by atoms with E-state index < -0.39 is 0 Å². The van der Waals surface area contributed by atoms with Crippen molar-refractivity contribution in [1.29, 1.82) is 0 Å². The summed E-state index contributed by atoms with van der Waals surface area (Å²) in [7, 11) is 0. The average molecular weight is 258 g/mol. The van der Waals surface area contributed by atoms with Crippen LogP contribution in [0.15, 0.2) is 30.3 Å². The maximum atomic E-state index is 2.47. The number of benzene rings is 1. The van der Waals surface area contributed by atoms with E-state index in [-0.39, 0.29) is 0 Å².